The van der Waals surface area contributed by atoms with Crippen molar-refractivity contribution in [1.82, 2.24) is 9.88 Å². The molecule has 1 aromatic rings. The Labute approximate surface area is 119 Å². The lowest BCUT2D eigenvalue weighted by atomic mass is 10.1. The van der Waals surface area contributed by atoms with E-state index in [-0.39, 0.29) is 11.6 Å². The molecule has 0 bridgehead atoms. The van der Waals surface area contributed by atoms with Crippen LogP contribution in [0.1, 0.15) is 12.8 Å². The van der Waals surface area contributed by atoms with Gasteiger partial charge in [-0.05, 0) is 40.9 Å². The summed E-state index contributed by atoms with van der Waals surface area (Å²) in [5, 5.41) is 8.20. The van der Waals surface area contributed by atoms with Crippen LogP contribution in [0.3, 0.4) is 0 Å². The predicted octanol–water partition coefficient (Wildman–Crippen LogP) is 1.76. The van der Waals surface area contributed by atoms with E-state index in [1.165, 1.54) is 6.20 Å². The van der Waals surface area contributed by atoms with Crippen LogP contribution in [0.2, 0.25) is 0 Å². The Morgan fingerprint density at radius 3 is 2.89 bits per heavy atom. The van der Waals surface area contributed by atoms with Crippen LogP contribution in [-0.2, 0) is 9.84 Å². The number of piperidine rings is 1. The van der Waals surface area contributed by atoms with Crippen LogP contribution in [0.5, 0.6) is 0 Å². The second-order valence-electron chi connectivity index (χ2n) is 4.33. The third-order valence-electron chi connectivity index (χ3n) is 3.08. The molecule has 0 aliphatic carbocycles. The minimum Gasteiger partial charge on any atom is -0.465 e. The smallest absolute Gasteiger partial charge is 0.407 e. The van der Waals surface area contributed by atoms with E-state index in [0.717, 1.165) is 4.90 Å². The first-order valence-corrected chi connectivity index (χ1v) is 8.09. The number of aromatic nitrogens is 1. The SMILES string of the molecule is O=C(O)N1CCCC(S(=O)(=O)c2ncccc2Br)C1. The van der Waals surface area contributed by atoms with Crippen LogP contribution in [0.15, 0.2) is 27.8 Å². The molecule has 8 heteroatoms. The minimum atomic E-state index is -3.62. The topological polar surface area (TPSA) is 87.6 Å². The van der Waals surface area contributed by atoms with Crippen LogP contribution in [0.4, 0.5) is 4.79 Å². The summed E-state index contributed by atoms with van der Waals surface area (Å²) < 4.78 is 25.3. The molecule has 0 aromatic carbocycles. The second kappa shape index (κ2) is 5.46. The molecule has 1 atom stereocenters. The van der Waals surface area contributed by atoms with Gasteiger partial charge in [0.25, 0.3) is 0 Å². The highest BCUT2D eigenvalue weighted by Gasteiger charge is 2.35. The number of pyridine rings is 1. The van der Waals surface area contributed by atoms with Gasteiger partial charge in [-0.3, -0.25) is 0 Å². The first-order chi connectivity index (χ1) is 8.93. The van der Waals surface area contributed by atoms with Crippen molar-refractivity contribution in [3.63, 3.8) is 0 Å². The number of carbonyl (C=O) groups is 1. The van der Waals surface area contributed by atoms with Gasteiger partial charge in [-0.15, -0.1) is 0 Å². The summed E-state index contributed by atoms with van der Waals surface area (Å²) in [5.74, 6) is 0. The molecule has 1 aliphatic rings. The van der Waals surface area contributed by atoms with Crippen molar-refractivity contribution in [3.8, 4) is 0 Å². The Balaban J connectivity index is 2.30. The van der Waals surface area contributed by atoms with E-state index in [2.05, 4.69) is 20.9 Å². The van der Waals surface area contributed by atoms with E-state index >= 15 is 0 Å². The number of hydrogen-bond donors (Lipinski definition) is 1. The van der Waals surface area contributed by atoms with E-state index < -0.39 is 21.2 Å². The van der Waals surface area contributed by atoms with Gasteiger partial charge in [0.05, 0.1) is 9.72 Å². The highest BCUT2D eigenvalue weighted by atomic mass is 79.9. The Morgan fingerprint density at radius 1 is 1.53 bits per heavy atom. The maximum Gasteiger partial charge on any atom is 0.407 e. The number of rotatable bonds is 2. The lowest BCUT2D eigenvalue weighted by Crippen LogP contribution is -2.44. The number of halogens is 1. The quantitative estimate of drug-likeness (QED) is 0.879. The third-order valence-corrected chi connectivity index (χ3v) is 6.11. The lowest BCUT2D eigenvalue weighted by molar-refractivity contribution is 0.136. The summed E-state index contributed by atoms with van der Waals surface area (Å²) in [7, 11) is -3.62. The number of amides is 1. The molecule has 1 N–H and O–H groups in total. The fourth-order valence-electron chi connectivity index (χ4n) is 2.10. The third kappa shape index (κ3) is 2.89. The van der Waals surface area contributed by atoms with Gasteiger partial charge in [-0.2, -0.15) is 0 Å². The summed E-state index contributed by atoms with van der Waals surface area (Å²) in [6.07, 6.45) is 1.32. The number of nitrogens with zero attached hydrogens (tertiary/aromatic N) is 2. The fourth-order valence-corrected chi connectivity index (χ4v) is 4.75. The Morgan fingerprint density at radius 2 is 2.26 bits per heavy atom. The number of carboxylic acid groups (broad SMARTS) is 1. The number of sulfone groups is 1. The molecule has 19 heavy (non-hydrogen) atoms. The van der Waals surface area contributed by atoms with Crippen molar-refractivity contribution in [3.05, 3.63) is 22.8 Å². The normalized spacial score (nSPS) is 20.3. The zero-order valence-corrected chi connectivity index (χ0v) is 12.4. The summed E-state index contributed by atoms with van der Waals surface area (Å²) in [6.45, 7) is 0.380. The van der Waals surface area contributed by atoms with Gasteiger partial charge in [0.15, 0.2) is 5.03 Å². The van der Waals surface area contributed by atoms with E-state index in [1.807, 2.05) is 0 Å². The lowest BCUT2D eigenvalue weighted by Gasteiger charge is -2.30. The average molecular weight is 349 g/mol. The molecule has 0 saturated carbocycles. The van der Waals surface area contributed by atoms with Crippen molar-refractivity contribution in [2.24, 2.45) is 0 Å². The van der Waals surface area contributed by atoms with Crippen molar-refractivity contribution in [1.29, 1.82) is 0 Å². The molecule has 1 amide bonds. The fraction of sp³-hybridized carbons (Fsp3) is 0.455. The molecule has 0 spiro atoms. The van der Waals surface area contributed by atoms with Crippen LogP contribution in [0, 0.1) is 0 Å². The van der Waals surface area contributed by atoms with Crippen LogP contribution >= 0.6 is 15.9 Å². The zero-order chi connectivity index (χ0) is 14.0. The van der Waals surface area contributed by atoms with Gasteiger partial charge in [-0.1, -0.05) is 0 Å². The van der Waals surface area contributed by atoms with E-state index in [0.29, 0.717) is 23.9 Å². The zero-order valence-electron chi connectivity index (χ0n) is 9.99. The van der Waals surface area contributed by atoms with Gasteiger partial charge in [0, 0.05) is 19.3 Å². The van der Waals surface area contributed by atoms with Gasteiger partial charge < -0.3 is 10.0 Å². The molecule has 1 aromatic heterocycles. The van der Waals surface area contributed by atoms with Gasteiger partial charge in [-0.25, -0.2) is 18.2 Å². The van der Waals surface area contributed by atoms with E-state index in [1.54, 1.807) is 12.1 Å². The summed E-state index contributed by atoms with van der Waals surface area (Å²) in [6, 6.07) is 3.24. The maximum absolute atomic E-state index is 12.5. The summed E-state index contributed by atoms with van der Waals surface area (Å²) in [4.78, 5) is 16.0. The average Bonchev–Trinajstić information content (AvgIpc) is 2.39. The molecule has 1 fully saturated rings. The van der Waals surface area contributed by atoms with Crippen LogP contribution < -0.4 is 0 Å². The minimum absolute atomic E-state index is 0.000676. The van der Waals surface area contributed by atoms with Crippen molar-refractivity contribution in [2.45, 2.75) is 23.1 Å². The van der Waals surface area contributed by atoms with Crippen molar-refractivity contribution < 1.29 is 18.3 Å². The molecule has 2 rings (SSSR count). The molecule has 0 radical (unpaired) electrons. The number of hydrogen-bond acceptors (Lipinski definition) is 4. The molecule has 6 nitrogen and oxygen atoms in total. The molecule has 1 saturated heterocycles. The molecule has 2 heterocycles. The monoisotopic (exact) mass is 348 g/mol. The second-order valence-corrected chi connectivity index (χ2v) is 7.33. The molecular formula is C11H13BrN2O4S. The molecule has 1 unspecified atom stereocenters. The largest absolute Gasteiger partial charge is 0.465 e. The van der Waals surface area contributed by atoms with Gasteiger partial charge in [0.2, 0.25) is 9.84 Å². The van der Waals surface area contributed by atoms with Crippen molar-refractivity contribution >= 4 is 31.9 Å². The standard InChI is InChI=1S/C11H13BrN2O4S/c12-9-4-1-5-13-10(9)19(17,18)8-3-2-6-14(7-8)11(15)16/h1,4-5,8H,2-3,6-7H2,(H,15,16). The predicted molar refractivity (Wildman–Crippen MR) is 71.7 cm³/mol. The molecule has 1 aliphatic heterocycles. The number of likely N-dealkylation sites (tertiary alicyclic amines) is 1. The summed E-state index contributed by atoms with van der Waals surface area (Å²) >= 11 is 3.17. The van der Waals surface area contributed by atoms with Crippen LogP contribution in [0.25, 0.3) is 0 Å². The first kappa shape index (κ1) is 14.3. The van der Waals surface area contributed by atoms with Gasteiger partial charge in [0.1, 0.15) is 0 Å². The van der Waals surface area contributed by atoms with E-state index in [9.17, 15) is 13.2 Å². The molecular weight excluding hydrogens is 336 g/mol. The Kier molecular flexibility index (Phi) is 4.10. The Bertz CT molecular complexity index is 590. The van der Waals surface area contributed by atoms with Crippen LogP contribution in [-0.4, -0.2) is 47.8 Å². The van der Waals surface area contributed by atoms with Crippen molar-refractivity contribution in [2.75, 3.05) is 13.1 Å². The van der Waals surface area contributed by atoms with E-state index in [4.69, 9.17) is 5.11 Å². The summed E-state index contributed by atoms with van der Waals surface area (Å²) in [5.41, 5.74) is 0. The van der Waals surface area contributed by atoms with Gasteiger partial charge >= 0.3 is 6.09 Å². The highest BCUT2D eigenvalue weighted by molar-refractivity contribution is 9.10. The Hall–Kier alpha value is -1.15. The first-order valence-electron chi connectivity index (χ1n) is 5.75. The maximum atomic E-state index is 12.5. The highest BCUT2D eigenvalue weighted by Crippen LogP contribution is 2.27. The molecule has 104 valence electrons.